The average Bonchev–Trinajstić information content (AvgIpc) is 2.41. The van der Waals surface area contributed by atoms with E-state index in [4.69, 9.17) is 5.73 Å². The van der Waals surface area contributed by atoms with E-state index in [0.717, 1.165) is 5.56 Å². The van der Waals surface area contributed by atoms with Crippen molar-refractivity contribution in [2.24, 2.45) is 5.73 Å². The molecule has 2 nitrogen and oxygen atoms in total. The van der Waals surface area contributed by atoms with Crippen molar-refractivity contribution in [2.45, 2.75) is 6.42 Å². The van der Waals surface area contributed by atoms with Crippen LogP contribution in [0.4, 0.5) is 4.39 Å². The van der Waals surface area contributed by atoms with Gasteiger partial charge in [0.15, 0.2) is 0 Å². The minimum atomic E-state index is -0.494. The summed E-state index contributed by atoms with van der Waals surface area (Å²) in [5, 5.41) is 0. The van der Waals surface area contributed by atoms with Gasteiger partial charge in [0.05, 0.1) is 5.56 Å². The standard InChI is InChI=1S/C16H12FNO/c17-14-10-8-12(9-11-14)4-3-6-13-5-1-2-7-15(13)16(18)19/h1-2,5,7-11H,4H2,(H2,18,19). The molecule has 94 valence electrons. The molecular formula is C16H12FNO. The van der Waals surface area contributed by atoms with Gasteiger partial charge in [0, 0.05) is 12.0 Å². The zero-order valence-electron chi connectivity index (χ0n) is 10.2. The molecule has 2 aromatic rings. The van der Waals surface area contributed by atoms with Crippen LogP contribution in [0.15, 0.2) is 48.5 Å². The molecule has 0 fully saturated rings. The highest BCUT2D eigenvalue weighted by Gasteiger charge is 2.03. The number of nitrogens with two attached hydrogens (primary N) is 1. The molecule has 0 saturated carbocycles. The molecule has 1 amide bonds. The fourth-order valence-electron chi connectivity index (χ4n) is 1.65. The van der Waals surface area contributed by atoms with Crippen LogP contribution in [0.3, 0.4) is 0 Å². The molecule has 19 heavy (non-hydrogen) atoms. The first-order chi connectivity index (χ1) is 9.16. The first-order valence-corrected chi connectivity index (χ1v) is 5.79. The van der Waals surface area contributed by atoms with E-state index in [-0.39, 0.29) is 5.82 Å². The van der Waals surface area contributed by atoms with Gasteiger partial charge < -0.3 is 5.73 Å². The molecule has 0 unspecified atom stereocenters. The summed E-state index contributed by atoms with van der Waals surface area (Å²) in [5.41, 5.74) is 7.21. The van der Waals surface area contributed by atoms with Crippen molar-refractivity contribution < 1.29 is 9.18 Å². The molecule has 0 aliphatic carbocycles. The molecular weight excluding hydrogens is 241 g/mol. The molecule has 0 heterocycles. The van der Waals surface area contributed by atoms with Gasteiger partial charge in [-0.1, -0.05) is 36.1 Å². The number of amides is 1. The Morgan fingerprint density at radius 1 is 1.11 bits per heavy atom. The van der Waals surface area contributed by atoms with Crippen LogP contribution >= 0.6 is 0 Å². The highest BCUT2D eigenvalue weighted by atomic mass is 19.1. The molecule has 3 heteroatoms. The summed E-state index contributed by atoms with van der Waals surface area (Å²) in [7, 11) is 0. The van der Waals surface area contributed by atoms with Crippen molar-refractivity contribution in [3.05, 3.63) is 71.0 Å². The van der Waals surface area contributed by atoms with E-state index in [1.165, 1.54) is 12.1 Å². The van der Waals surface area contributed by atoms with Gasteiger partial charge in [-0.05, 0) is 29.8 Å². The first-order valence-electron chi connectivity index (χ1n) is 5.79. The van der Waals surface area contributed by atoms with Crippen molar-refractivity contribution in [3.8, 4) is 11.8 Å². The second-order valence-electron chi connectivity index (χ2n) is 4.01. The Morgan fingerprint density at radius 3 is 2.47 bits per heavy atom. The Morgan fingerprint density at radius 2 is 1.79 bits per heavy atom. The maximum atomic E-state index is 12.7. The monoisotopic (exact) mass is 253 g/mol. The molecule has 2 rings (SSSR count). The van der Waals surface area contributed by atoms with Crippen LogP contribution in [0.25, 0.3) is 0 Å². The zero-order valence-corrected chi connectivity index (χ0v) is 10.2. The van der Waals surface area contributed by atoms with Crippen LogP contribution in [0.5, 0.6) is 0 Å². The predicted molar refractivity (Wildman–Crippen MR) is 71.9 cm³/mol. The lowest BCUT2D eigenvalue weighted by atomic mass is 10.1. The minimum Gasteiger partial charge on any atom is -0.366 e. The predicted octanol–water partition coefficient (Wildman–Crippen LogP) is 2.52. The van der Waals surface area contributed by atoms with Crippen molar-refractivity contribution in [2.75, 3.05) is 0 Å². The number of primary amides is 1. The quantitative estimate of drug-likeness (QED) is 0.821. The second kappa shape index (κ2) is 5.83. The number of halogens is 1. The summed E-state index contributed by atoms with van der Waals surface area (Å²) in [6.45, 7) is 0. The summed E-state index contributed by atoms with van der Waals surface area (Å²) in [4.78, 5) is 11.2. The van der Waals surface area contributed by atoms with E-state index >= 15 is 0 Å². The van der Waals surface area contributed by atoms with Crippen LogP contribution in [-0.2, 0) is 6.42 Å². The van der Waals surface area contributed by atoms with Gasteiger partial charge in [0.1, 0.15) is 5.82 Å². The highest BCUT2D eigenvalue weighted by molar-refractivity contribution is 5.95. The van der Waals surface area contributed by atoms with Crippen molar-refractivity contribution >= 4 is 5.91 Å². The van der Waals surface area contributed by atoms with Gasteiger partial charge in [-0.3, -0.25) is 4.79 Å². The molecule has 0 atom stereocenters. The SMILES string of the molecule is NC(=O)c1ccccc1C#CCc1ccc(F)cc1. The lowest BCUT2D eigenvalue weighted by Crippen LogP contribution is -2.12. The molecule has 2 N–H and O–H groups in total. The van der Waals surface area contributed by atoms with E-state index in [0.29, 0.717) is 17.5 Å². The number of hydrogen-bond donors (Lipinski definition) is 1. The van der Waals surface area contributed by atoms with E-state index in [9.17, 15) is 9.18 Å². The Balaban J connectivity index is 2.16. The first kappa shape index (κ1) is 12.8. The maximum Gasteiger partial charge on any atom is 0.249 e. The van der Waals surface area contributed by atoms with Crippen LogP contribution in [-0.4, -0.2) is 5.91 Å². The van der Waals surface area contributed by atoms with Gasteiger partial charge >= 0.3 is 0 Å². The second-order valence-corrected chi connectivity index (χ2v) is 4.01. The van der Waals surface area contributed by atoms with Crippen molar-refractivity contribution in [3.63, 3.8) is 0 Å². The van der Waals surface area contributed by atoms with Crippen LogP contribution in [0.1, 0.15) is 21.5 Å². The average molecular weight is 253 g/mol. The molecule has 0 saturated heterocycles. The fraction of sp³-hybridized carbons (Fsp3) is 0.0625. The number of hydrogen-bond acceptors (Lipinski definition) is 1. The van der Waals surface area contributed by atoms with E-state index < -0.39 is 5.91 Å². The third-order valence-electron chi connectivity index (χ3n) is 2.62. The molecule has 0 aliphatic rings. The molecule has 0 bridgehead atoms. The number of benzene rings is 2. The lowest BCUT2D eigenvalue weighted by Gasteiger charge is -1.98. The third-order valence-corrected chi connectivity index (χ3v) is 2.62. The Kier molecular flexibility index (Phi) is 3.94. The number of carbonyl (C=O) groups excluding carboxylic acids is 1. The number of rotatable bonds is 2. The fourth-order valence-corrected chi connectivity index (χ4v) is 1.65. The normalized spacial score (nSPS) is 9.53. The van der Waals surface area contributed by atoms with Gasteiger partial charge in [-0.15, -0.1) is 0 Å². The summed E-state index contributed by atoms with van der Waals surface area (Å²) in [5.74, 6) is 5.10. The largest absolute Gasteiger partial charge is 0.366 e. The molecule has 0 radical (unpaired) electrons. The molecule has 0 aromatic heterocycles. The maximum absolute atomic E-state index is 12.7. The van der Waals surface area contributed by atoms with Gasteiger partial charge in [0.25, 0.3) is 0 Å². The van der Waals surface area contributed by atoms with Crippen LogP contribution < -0.4 is 5.73 Å². The summed E-state index contributed by atoms with van der Waals surface area (Å²) in [6.07, 6.45) is 0.493. The minimum absolute atomic E-state index is 0.268. The summed E-state index contributed by atoms with van der Waals surface area (Å²) >= 11 is 0. The molecule has 0 spiro atoms. The lowest BCUT2D eigenvalue weighted by molar-refractivity contribution is 0.1000. The van der Waals surface area contributed by atoms with E-state index in [1.54, 1.807) is 36.4 Å². The van der Waals surface area contributed by atoms with Gasteiger partial charge in [-0.25, -0.2) is 4.39 Å². The van der Waals surface area contributed by atoms with Crippen molar-refractivity contribution in [1.82, 2.24) is 0 Å². The van der Waals surface area contributed by atoms with Crippen molar-refractivity contribution in [1.29, 1.82) is 0 Å². The van der Waals surface area contributed by atoms with E-state index in [2.05, 4.69) is 11.8 Å². The van der Waals surface area contributed by atoms with Crippen LogP contribution in [0.2, 0.25) is 0 Å². The summed E-state index contributed by atoms with van der Waals surface area (Å²) in [6, 6.07) is 13.1. The third kappa shape index (κ3) is 3.43. The van der Waals surface area contributed by atoms with E-state index in [1.807, 2.05) is 0 Å². The smallest absolute Gasteiger partial charge is 0.249 e. The Labute approximate surface area is 111 Å². The Bertz CT molecular complexity index is 650. The van der Waals surface area contributed by atoms with Gasteiger partial charge in [0.2, 0.25) is 5.91 Å². The number of carbonyl (C=O) groups is 1. The Hall–Kier alpha value is -2.60. The highest BCUT2D eigenvalue weighted by Crippen LogP contribution is 2.07. The topological polar surface area (TPSA) is 43.1 Å². The van der Waals surface area contributed by atoms with Gasteiger partial charge in [-0.2, -0.15) is 0 Å². The summed E-state index contributed by atoms with van der Waals surface area (Å²) < 4.78 is 12.7. The van der Waals surface area contributed by atoms with Crippen LogP contribution in [0, 0.1) is 17.7 Å². The molecule has 0 aliphatic heterocycles. The molecule has 2 aromatic carbocycles. The zero-order chi connectivity index (χ0) is 13.7.